The molecule has 2 rings (SSSR count). The van der Waals surface area contributed by atoms with Crippen LogP contribution < -0.4 is 5.32 Å². The molecule has 1 heterocycles. The van der Waals surface area contributed by atoms with Crippen molar-refractivity contribution < 1.29 is 14.3 Å². The normalized spacial score (nSPS) is 22.0. The first-order valence-corrected chi connectivity index (χ1v) is 7.33. The van der Waals surface area contributed by atoms with Crippen molar-refractivity contribution in [2.45, 2.75) is 26.1 Å². The molecule has 2 atom stereocenters. The fraction of sp³-hybridized carbons (Fsp3) is 0.429. The summed E-state index contributed by atoms with van der Waals surface area (Å²) in [5.41, 5.74) is 0.428. The van der Waals surface area contributed by atoms with Crippen molar-refractivity contribution in [3.8, 4) is 0 Å². The molecule has 0 saturated carbocycles. The SMILES string of the molecule is CC1CN(C(=O)C(=O)Nc2ccc(Cl)c(Cl)c2)CC(C)O1. The zero-order valence-corrected chi connectivity index (χ0v) is 13.2. The monoisotopic (exact) mass is 330 g/mol. The summed E-state index contributed by atoms with van der Waals surface area (Å²) >= 11 is 11.7. The van der Waals surface area contributed by atoms with Crippen LogP contribution in [0.25, 0.3) is 0 Å². The number of morpholine rings is 1. The number of nitrogens with one attached hydrogen (secondary N) is 1. The van der Waals surface area contributed by atoms with Crippen LogP contribution in [0, 0.1) is 0 Å². The molecule has 1 N–H and O–H groups in total. The van der Waals surface area contributed by atoms with E-state index in [2.05, 4.69) is 5.32 Å². The highest BCUT2D eigenvalue weighted by molar-refractivity contribution is 6.42. The van der Waals surface area contributed by atoms with E-state index in [-0.39, 0.29) is 12.2 Å². The first-order chi connectivity index (χ1) is 9.86. The van der Waals surface area contributed by atoms with E-state index in [0.29, 0.717) is 28.8 Å². The Hall–Kier alpha value is -1.30. The molecule has 1 aromatic carbocycles. The maximum atomic E-state index is 12.1. The number of carbonyl (C=O) groups excluding carboxylic acids is 2. The van der Waals surface area contributed by atoms with Gasteiger partial charge < -0.3 is 15.0 Å². The highest BCUT2D eigenvalue weighted by atomic mass is 35.5. The molecule has 1 saturated heterocycles. The molecule has 0 radical (unpaired) electrons. The summed E-state index contributed by atoms with van der Waals surface area (Å²) < 4.78 is 5.54. The molecule has 1 fully saturated rings. The Balaban J connectivity index is 2.02. The number of hydrogen-bond acceptors (Lipinski definition) is 3. The van der Waals surface area contributed by atoms with Crippen LogP contribution in [-0.4, -0.2) is 42.0 Å². The topological polar surface area (TPSA) is 58.6 Å². The average molecular weight is 331 g/mol. The summed E-state index contributed by atoms with van der Waals surface area (Å²) in [5, 5.41) is 3.22. The van der Waals surface area contributed by atoms with Gasteiger partial charge in [-0.25, -0.2) is 0 Å². The number of rotatable bonds is 1. The molecule has 0 spiro atoms. The third kappa shape index (κ3) is 4.09. The largest absolute Gasteiger partial charge is 0.372 e. The van der Waals surface area contributed by atoms with Crippen molar-refractivity contribution in [3.63, 3.8) is 0 Å². The van der Waals surface area contributed by atoms with Crippen LogP contribution in [0.4, 0.5) is 5.69 Å². The van der Waals surface area contributed by atoms with Crippen LogP contribution in [0.2, 0.25) is 10.0 Å². The molecule has 21 heavy (non-hydrogen) atoms. The van der Waals surface area contributed by atoms with Crippen LogP contribution in [-0.2, 0) is 14.3 Å². The Kier molecular flexibility index (Phi) is 5.08. The molecule has 1 aromatic rings. The predicted octanol–water partition coefficient (Wildman–Crippen LogP) is 2.57. The van der Waals surface area contributed by atoms with Gasteiger partial charge in [0, 0.05) is 18.8 Å². The lowest BCUT2D eigenvalue weighted by molar-refractivity contribution is -0.151. The fourth-order valence-corrected chi connectivity index (χ4v) is 2.54. The first-order valence-electron chi connectivity index (χ1n) is 6.57. The van der Waals surface area contributed by atoms with Crippen LogP contribution >= 0.6 is 23.2 Å². The number of benzene rings is 1. The minimum Gasteiger partial charge on any atom is -0.372 e. The lowest BCUT2D eigenvalue weighted by Crippen LogP contribution is -2.51. The number of halogens is 2. The second-order valence-electron chi connectivity index (χ2n) is 5.05. The molecule has 1 aliphatic rings. The van der Waals surface area contributed by atoms with Gasteiger partial charge in [0.25, 0.3) is 0 Å². The van der Waals surface area contributed by atoms with Gasteiger partial charge in [-0.3, -0.25) is 9.59 Å². The van der Waals surface area contributed by atoms with Crippen molar-refractivity contribution in [2.75, 3.05) is 18.4 Å². The van der Waals surface area contributed by atoms with Crippen molar-refractivity contribution in [1.29, 1.82) is 0 Å². The smallest absolute Gasteiger partial charge is 0.313 e. The van der Waals surface area contributed by atoms with Crippen molar-refractivity contribution in [3.05, 3.63) is 28.2 Å². The number of anilines is 1. The zero-order valence-electron chi connectivity index (χ0n) is 11.7. The average Bonchev–Trinajstić information content (AvgIpc) is 2.41. The van der Waals surface area contributed by atoms with Crippen LogP contribution in [0.15, 0.2) is 18.2 Å². The zero-order chi connectivity index (χ0) is 15.6. The summed E-state index contributed by atoms with van der Waals surface area (Å²) in [6.45, 7) is 4.54. The van der Waals surface area contributed by atoms with Gasteiger partial charge in [0.05, 0.1) is 22.3 Å². The molecule has 1 aliphatic heterocycles. The number of ether oxygens (including phenoxy) is 1. The summed E-state index contributed by atoms with van der Waals surface area (Å²) in [6, 6.07) is 4.65. The molecule has 2 amide bonds. The Morgan fingerprint density at radius 2 is 1.81 bits per heavy atom. The predicted molar refractivity (Wildman–Crippen MR) is 81.7 cm³/mol. The quantitative estimate of drug-likeness (QED) is 0.805. The van der Waals surface area contributed by atoms with Crippen molar-refractivity contribution in [2.24, 2.45) is 0 Å². The Morgan fingerprint density at radius 1 is 1.19 bits per heavy atom. The third-order valence-corrected chi connectivity index (χ3v) is 3.82. The Labute approximate surface area is 133 Å². The molecule has 0 bridgehead atoms. The number of amides is 2. The molecule has 7 heteroatoms. The van der Waals surface area contributed by atoms with Crippen LogP contribution in [0.3, 0.4) is 0 Å². The maximum absolute atomic E-state index is 12.1. The van der Waals surface area contributed by atoms with Crippen molar-refractivity contribution in [1.82, 2.24) is 4.90 Å². The molecule has 0 aliphatic carbocycles. The summed E-state index contributed by atoms with van der Waals surface area (Å²) in [4.78, 5) is 25.6. The highest BCUT2D eigenvalue weighted by Crippen LogP contribution is 2.25. The highest BCUT2D eigenvalue weighted by Gasteiger charge is 2.29. The van der Waals surface area contributed by atoms with Gasteiger partial charge in [0.2, 0.25) is 0 Å². The number of hydrogen-bond donors (Lipinski definition) is 1. The van der Waals surface area contributed by atoms with E-state index in [0.717, 1.165) is 0 Å². The van der Waals surface area contributed by atoms with E-state index in [1.54, 1.807) is 12.1 Å². The van der Waals surface area contributed by atoms with Gasteiger partial charge in [-0.1, -0.05) is 23.2 Å². The standard InChI is InChI=1S/C14H16Cl2N2O3/c1-8-6-18(7-9(2)21-8)14(20)13(19)17-10-3-4-11(15)12(16)5-10/h3-5,8-9H,6-7H2,1-2H3,(H,17,19). The van der Waals surface area contributed by atoms with E-state index in [1.165, 1.54) is 11.0 Å². The Bertz CT molecular complexity index is 555. The third-order valence-electron chi connectivity index (χ3n) is 3.08. The molecule has 0 aromatic heterocycles. The van der Waals surface area contributed by atoms with Gasteiger partial charge in [0.15, 0.2) is 0 Å². The molecular weight excluding hydrogens is 315 g/mol. The fourth-order valence-electron chi connectivity index (χ4n) is 2.25. The molecule has 5 nitrogen and oxygen atoms in total. The summed E-state index contributed by atoms with van der Waals surface area (Å²) in [5.74, 6) is -1.28. The lowest BCUT2D eigenvalue weighted by atomic mass is 10.2. The van der Waals surface area contributed by atoms with E-state index >= 15 is 0 Å². The Morgan fingerprint density at radius 3 is 2.38 bits per heavy atom. The van der Waals surface area contributed by atoms with Crippen molar-refractivity contribution >= 4 is 40.7 Å². The summed E-state index contributed by atoms with van der Waals surface area (Å²) in [7, 11) is 0. The maximum Gasteiger partial charge on any atom is 0.313 e. The second-order valence-corrected chi connectivity index (χ2v) is 5.86. The van der Waals surface area contributed by atoms with E-state index in [9.17, 15) is 9.59 Å². The van der Waals surface area contributed by atoms with Gasteiger partial charge in [-0.05, 0) is 32.0 Å². The van der Waals surface area contributed by atoms with Gasteiger partial charge in [-0.2, -0.15) is 0 Å². The lowest BCUT2D eigenvalue weighted by Gasteiger charge is -2.34. The van der Waals surface area contributed by atoms with Gasteiger partial charge in [0.1, 0.15) is 0 Å². The number of carbonyl (C=O) groups is 2. The van der Waals surface area contributed by atoms with E-state index in [1.807, 2.05) is 13.8 Å². The minimum atomic E-state index is -0.699. The van der Waals surface area contributed by atoms with Gasteiger partial charge >= 0.3 is 11.8 Å². The van der Waals surface area contributed by atoms with Crippen LogP contribution in [0.1, 0.15) is 13.8 Å². The molecule has 2 unspecified atom stereocenters. The first kappa shape index (κ1) is 16.1. The van der Waals surface area contributed by atoms with Gasteiger partial charge in [-0.15, -0.1) is 0 Å². The summed E-state index contributed by atoms with van der Waals surface area (Å²) in [6.07, 6.45) is -0.175. The molecular formula is C14H16Cl2N2O3. The number of nitrogens with zero attached hydrogens (tertiary/aromatic N) is 1. The van der Waals surface area contributed by atoms with E-state index in [4.69, 9.17) is 27.9 Å². The van der Waals surface area contributed by atoms with E-state index < -0.39 is 11.8 Å². The second kappa shape index (κ2) is 6.64. The minimum absolute atomic E-state index is 0.0875. The molecule has 114 valence electrons. The van der Waals surface area contributed by atoms with Crippen LogP contribution in [0.5, 0.6) is 0 Å².